The average molecular weight is 418 g/mol. The summed E-state index contributed by atoms with van der Waals surface area (Å²) in [6, 6.07) is 22.3. The topological polar surface area (TPSA) is 47.9 Å². The van der Waals surface area contributed by atoms with Crippen molar-refractivity contribution in [2.45, 2.75) is 19.1 Å². The van der Waals surface area contributed by atoms with E-state index in [9.17, 15) is 18.3 Å². The Kier molecular flexibility index (Phi) is 7.32. The Hall–Kier alpha value is -3.03. The Balaban J connectivity index is 1.45. The van der Waals surface area contributed by atoms with Crippen LogP contribution in [0.1, 0.15) is 5.56 Å². The van der Waals surface area contributed by atoms with E-state index in [4.69, 9.17) is 9.47 Å². The summed E-state index contributed by atoms with van der Waals surface area (Å²) < 4.78 is 51.6. The van der Waals surface area contributed by atoms with Crippen molar-refractivity contribution in [3.05, 3.63) is 84.4 Å². The van der Waals surface area contributed by atoms with Gasteiger partial charge in [-0.15, -0.1) is 13.2 Å². The summed E-state index contributed by atoms with van der Waals surface area (Å²) in [7, 11) is 0. The molecule has 30 heavy (non-hydrogen) atoms. The lowest BCUT2D eigenvalue weighted by atomic mass is 10.1. The van der Waals surface area contributed by atoms with E-state index in [2.05, 4.69) is 4.74 Å². The zero-order chi connectivity index (χ0) is 21.4. The highest BCUT2D eigenvalue weighted by Gasteiger charge is 2.30. The fourth-order valence-corrected chi connectivity index (χ4v) is 2.72. The fourth-order valence-electron chi connectivity index (χ4n) is 2.72. The maximum Gasteiger partial charge on any atom is 0.573 e. The summed E-state index contributed by atoms with van der Waals surface area (Å²) in [5, 5.41) is 9.99. The molecule has 0 heterocycles. The molecule has 3 aromatic rings. The first kappa shape index (κ1) is 21.7. The predicted octanol–water partition coefficient (Wildman–Crippen LogP) is 5.21. The number of ether oxygens (including phenoxy) is 3. The van der Waals surface area contributed by atoms with Crippen LogP contribution in [0.25, 0.3) is 11.1 Å². The number of hydrogen-bond acceptors (Lipinski definition) is 4. The zero-order valence-corrected chi connectivity index (χ0v) is 16.0. The molecule has 0 aromatic heterocycles. The van der Waals surface area contributed by atoms with Gasteiger partial charge in [-0.3, -0.25) is 0 Å². The lowest BCUT2D eigenvalue weighted by molar-refractivity contribution is -0.274. The lowest BCUT2D eigenvalue weighted by Gasteiger charge is -2.13. The SMILES string of the molecule is O[C@H](COCc1ccccc1)COc1ccc(-c2ccc(OC(F)(F)F)cc2)cc1. The molecule has 0 aliphatic rings. The second-order valence-electron chi connectivity index (χ2n) is 6.56. The minimum Gasteiger partial charge on any atom is -0.491 e. The predicted molar refractivity (Wildman–Crippen MR) is 106 cm³/mol. The number of aliphatic hydroxyl groups excluding tert-OH is 1. The molecule has 7 heteroatoms. The van der Waals surface area contributed by atoms with Gasteiger partial charge in [0.15, 0.2) is 0 Å². The summed E-state index contributed by atoms with van der Waals surface area (Å²) in [5.74, 6) is 0.299. The third-order valence-electron chi connectivity index (χ3n) is 4.14. The van der Waals surface area contributed by atoms with E-state index in [1.165, 1.54) is 12.1 Å². The summed E-state index contributed by atoms with van der Waals surface area (Å²) in [6.45, 7) is 0.649. The Morgan fingerprint density at radius 3 is 1.87 bits per heavy atom. The van der Waals surface area contributed by atoms with Crippen LogP contribution >= 0.6 is 0 Å². The number of halogens is 3. The van der Waals surface area contributed by atoms with Gasteiger partial charge in [-0.05, 0) is 41.0 Å². The highest BCUT2D eigenvalue weighted by Crippen LogP contribution is 2.27. The van der Waals surface area contributed by atoms with Gasteiger partial charge in [0.25, 0.3) is 0 Å². The van der Waals surface area contributed by atoms with Gasteiger partial charge in [0.05, 0.1) is 13.2 Å². The largest absolute Gasteiger partial charge is 0.573 e. The molecule has 0 amide bonds. The van der Waals surface area contributed by atoms with Gasteiger partial charge in [-0.2, -0.15) is 0 Å². The van der Waals surface area contributed by atoms with Crippen LogP contribution in [0.15, 0.2) is 78.9 Å². The first-order chi connectivity index (χ1) is 14.4. The van der Waals surface area contributed by atoms with Crippen molar-refractivity contribution in [3.8, 4) is 22.6 Å². The van der Waals surface area contributed by atoms with Crippen LogP contribution in [0.4, 0.5) is 13.2 Å². The van der Waals surface area contributed by atoms with Crippen LogP contribution in [0.2, 0.25) is 0 Å². The minimum absolute atomic E-state index is 0.0810. The summed E-state index contributed by atoms with van der Waals surface area (Å²) in [4.78, 5) is 0. The van der Waals surface area contributed by atoms with Crippen LogP contribution in [-0.4, -0.2) is 30.8 Å². The first-order valence-corrected chi connectivity index (χ1v) is 9.28. The fraction of sp³-hybridized carbons (Fsp3) is 0.217. The van der Waals surface area contributed by atoms with Crippen molar-refractivity contribution in [2.75, 3.05) is 13.2 Å². The molecule has 158 valence electrons. The highest BCUT2D eigenvalue weighted by atomic mass is 19.4. The molecule has 0 fully saturated rings. The van der Waals surface area contributed by atoms with E-state index < -0.39 is 12.5 Å². The second-order valence-corrected chi connectivity index (χ2v) is 6.56. The maximum atomic E-state index is 12.2. The highest BCUT2D eigenvalue weighted by molar-refractivity contribution is 5.64. The van der Waals surface area contributed by atoms with E-state index in [1.54, 1.807) is 36.4 Å². The van der Waals surface area contributed by atoms with E-state index >= 15 is 0 Å². The Labute approximate surface area is 172 Å². The molecule has 3 aromatic carbocycles. The van der Waals surface area contributed by atoms with E-state index in [-0.39, 0.29) is 19.0 Å². The van der Waals surface area contributed by atoms with Gasteiger partial charge in [0.2, 0.25) is 0 Å². The van der Waals surface area contributed by atoms with Crippen LogP contribution < -0.4 is 9.47 Å². The molecule has 0 spiro atoms. The summed E-state index contributed by atoms with van der Waals surface area (Å²) >= 11 is 0. The zero-order valence-electron chi connectivity index (χ0n) is 16.0. The van der Waals surface area contributed by atoms with Crippen molar-refractivity contribution in [2.24, 2.45) is 0 Å². The molecular formula is C23H21F3O4. The molecule has 3 rings (SSSR count). The van der Waals surface area contributed by atoms with Crippen molar-refractivity contribution < 1.29 is 32.5 Å². The van der Waals surface area contributed by atoms with Crippen LogP contribution in [0.3, 0.4) is 0 Å². The Morgan fingerprint density at radius 1 is 0.733 bits per heavy atom. The number of benzene rings is 3. The van der Waals surface area contributed by atoms with Crippen molar-refractivity contribution in [3.63, 3.8) is 0 Å². The lowest BCUT2D eigenvalue weighted by Crippen LogP contribution is -2.23. The molecular weight excluding hydrogens is 397 g/mol. The molecule has 0 bridgehead atoms. The number of rotatable bonds is 9. The molecule has 0 radical (unpaired) electrons. The second kappa shape index (κ2) is 10.1. The van der Waals surface area contributed by atoms with E-state index in [0.717, 1.165) is 16.7 Å². The van der Waals surface area contributed by atoms with Crippen molar-refractivity contribution >= 4 is 0 Å². The van der Waals surface area contributed by atoms with Crippen molar-refractivity contribution in [1.82, 2.24) is 0 Å². The van der Waals surface area contributed by atoms with Gasteiger partial charge < -0.3 is 19.3 Å². The van der Waals surface area contributed by atoms with Gasteiger partial charge in [0.1, 0.15) is 24.2 Å². The monoisotopic (exact) mass is 418 g/mol. The van der Waals surface area contributed by atoms with Gasteiger partial charge in [0, 0.05) is 0 Å². The molecule has 4 nitrogen and oxygen atoms in total. The van der Waals surface area contributed by atoms with Crippen molar-refractivity contribution in [1.29, 1.82) is 0 Å². The molecule has 0 unspecified atom stereocenters. The van der Waals surface area contributed by atoms with Crippen LogP contribution in [0, 0.1) is 0 Å². The van der Waals surface area contributed by atoms with Gasteiger partial charge >= 0.3 is 6.36 Å². The molecule has 0 saturated heterocycles. The normalized spacial score (nSPS) is 12.4. The van der Waals surface area contributed by atoms with Gasteiger partial charge in [-0.1, -0.05) is 54.6 Å². The van der Waals surface area contributed by atoms with E-state index in [1.807, 2.05) is 30.3 Å². The Morgan fingerprint density at radius 2 is 1.30 bits per heavy atom. The standard InChI is InChI=1S/C23H21F3O4/c24-23(25,26)30-22-12-8-19(9-13-22)18-6-10-21(11-7-18)29-16-20(27)15-28-14-17-4-2-1-3-5-17/h1-13,20,27H,14-16H2/t20-/m1/s1. The number of alkyl halides is 3. The third-order valence-corrected chi connectivity index (χ3v) is 4.14. The maximum absolute atomic E-state index is 12.2. The third kappa shape index (κ3) is 7.09. The Bertz CT molecular complexity index is 894. The molecule has 0 aliphatic carbocycles. The van der Waals surface area contributed by atoms with Crippen LogP contribution in [-0.2, 0) is 11.3 Å². The first-order valence-electron chi connectivity index (χ1n) is 9.28. The molecule has 0 aliphatic heterocycles. The average Bonchev–Trinajstić information content (AvgIpc) is 2.73. The number of aliphatic hydroxyl groups is 1. The van der Waals surface area contributed by atoms with Crippen LogP contribution in [0.5, 0.6) is 11.5 Å². The summed E-state index contributed by atoms with van der Waals surface area (Å²) in [6.07, 6.45) is -5.48. The summed E-state index contributed by atoms with van der Waals surface area (Å²) in [5.41, 5.74) is 2.58. The van der Waals surface area contributed by atoms with E-state index in [0.29, 0.717) is 12.4 Å². The molecule has 1 atom stereocenters. The quantitative estimate of drug-likeness (QED) is 0.518. The number of hydrogen-bond donors (Lipinski definition) is 1. The minimum atomic E-state index is -4.71. The molecule has 0 saturated carbocycles. The smallest absolute Gasteiger partial charge is 0.491 e. The van der Waals surface area contributed by atoms with Gasteiger partial charge in [-0.25, -0.2) is 0 Å². The molecule has 1 N–H and O–H groups in total.